The second-order valence-electron chi connectivity index (χ2n) is 3.49. The molecule has 2 heteroatoms. The van der Waals surface area contributed by atoms with Gasteiger partial charge in [0.15, 0.2) is 0 Å². The van der Waals surface area contributed by atoms with E-state index in [2.05, 4.69) is 40.2 Å². The molecule has 1 nitrogen and oxygen atoms in total. The Morgan fingerprint density at radius 2 is 2.00 bits per heavy atom. The number of nitrogens with two attached hydrogens (primary N) is 1. The van der Waals surface area contributed by atoms with Gasteiger partial charge in [0, 0.05) is 10.5 Å². The Hall–Kier alpha value is -0.600. The van der Waals surface area contributed by atoms with Gasteiger partial charge in [0.1, 0.15) is 0 Å². The summed E-state index contributed by atoms with van der Waals surface area (Å²) in [6.45, 7) is 0. The molecule has 1 saturated carbocycles. The fourth-order valence-electron chi connectivity index (χ4n) is 1.54. The van der Waals surface area contributed by atoms with E-state index in [1.54, 1.807) is 0 Å². The van der Waals surface area contributed by atoms with Crippen LogP contribution in [0.1, 0.15) is 18.4 Å². The maximum Gasteiger partial charge on any atom is 0.0247 e. The molecule has 0 aromatic heterocycles. The van der Waals surface area contributed by atoms with Crippen LogP contribution in [0, 0.1) is 0 Å². The monoisotopic (exact) mass is 237 g/mol. The maximum absolute atomic E-state index is 5.71. The molecule has 68 valence electrons. The molecule has 1 aromatic rings. The Morgan fingerprint density at radius 1 is 1.31 bits per heavy atom. The minimum absolute atomic E-state index is 0.397. The zero-order chi connectivity index (χ0) is 9.26. The van der Waals surface area contributed by atoms with Crippen molar-refractivity contribution < 1.29 is 0 Å². The fraction of sp³-hybridized carbons (Fsp3) is 0.273. The smallest absolute Gasteiger partial charge is 0.0247 e. The van der Waals surface area contributed by atoms with Crippen LogP contribution in [-0.2, 0) is 0 Å². The first kappa shape index (κ1) is 8.97. The van der Waals surface area contributed by atoms with Crippen LogP contribution >= 0.6 is 15.9 Å². The van der Waals surface area contributed by atoms with E-state index in [-0.39, 0.29) is 0 Å². The molecular formula is C11H12BrN. The lowest BCUT2D eigenvalue weighted by molar-refractivity contribution is 0.547. The zero-order valence-corrected chi connectivity index (χ0v) is 8.92. The third-order valence-electron chi connectivity index (χ3n) is 2.31. The van der Waals surface area contributed by atoms with E-state index in [1.165, 1.54) is 11.1 Å². The van der Waals surface area contributed by atoms with Crippen molar-refractivity contribution in [3.63, 3.8) is 0 Å². The summed E-state index contributed by atoms with van der Waals surface area (Å²) in [6.07, 6.45) is 4.34. The van der Waals surface area contributed by atoms with Crippen LogP contribution in [0.4, 0.5) is 0 Å². The second kappa shape index (κ2) is 3.64. The van der Waals surface area contributed by atoms with Crippen molar-refractivity contribution in [2.24, 2.45) is 5.73 Å². The molecule has 1 fully saturated rings. The van der Waals surface area contributed by atoms with Gasteiger partial charge in [0.25, 0.3) is 0 Å². The van der Waals surface area contributed by atoms with Crippen molar-refractivity contribution in [3.05, 3.63) is 39.9 Å². The van der Waals surface area contributed by atoms with Crippen molar-refractivity contribution in [2.45, 2.75) is 18.9 Å². The Bertz CT molecular complexity index is 336. The van der Waals surface area contributed by atoms with Crippen LogP contribution in [-0.4, -0.2) is 6.04 Å². The van der Waals surface area contributed by atoms with E-state index in [4.69, 9.17) is 5.73 Å². The van der Waals surface area contributed by atoms with Crippen LogP contribution < -0.4 is 5.73 Å². The van der Waals surface area contributed by atoms with E-state index in [0.717, 1.165) is 17.3 Å². The molecule has 0 aliphatic heterocycles. The van der Waals surface area contributed by atoms with Gasteiger partial charge >= 0.3 is 0 Å². The summed E-state index contributed by atoms with van der Waals surface area (Å²) >= 11 is 3.52. The minimum atomic E-state index is 0.397. The summed E-state index contributed by atoms with van der Waals surface area (Å²) in [4.78, 5) is 0. The molecule has 0 bridgehead atoms. The lowest BCUT2D eigenvalue weighted by atomic mass is 9.86. The molecule has 0 spiro atoms. The van der Waals surface area contributed by atoms with Crippen molar-refractivity contribution in [1.29, 1.82) is 0 Å². The van der Waals surface area contributed by atoms with Gasteiger partial charge < -0.3 is 5.73 Å². The van der Waals surface area contributed by atoms with Gasteiger partial charge in [-0.05, 0) is 24.5 Å². The summed E-state index contributed by atoms with van der Waals surface area (Å²) in [5.41, 5.74) is 8.42. The molecule has 0 saturated heterocycles. The highest BCUT2D eigenvalue weighted by atomic mass is 79.9. The normalized spacial score (nSPS) is 21.1. The van der Waals surface area contributed by atoms with E-state index >= 15 is 0 Å². The van der Waals surface area contributed by atoms with Gasteiger partial charge in [-0.2, -0.15) is 0 Å². The lowest BCUT2D eigenvalue weighted by Crippen LogP contribution is -2.29. The van der Waals surface area contributed by atoms with E-state index < -0.39 is 0 Å². The molecule has 13 heavy (non-hydrogen) atoms. The number of hydrogen-bond acceptors (Lipinski definition) is 1. The number of halogens is 1. The predicted octanol–water partition coefficient (Wildman–Crippen LogP) is 2.95. The van der Waals surface area contributed by atoms with Crippen molar-refractivity contribution >= 4 is 22.0 Å². The van der Waals surface area contributed by atoms with Crippen LogP contribution in [0.3, 0.4) is 0 Å². The first-order chi connectivity index (χ1) is 6.25. The van der Waals surface area contributed by atoms with Crippen LogP contribution in [0.15, 0.2) is 34.3 Å². The van der Waals surface area contributed by atoms with Gasteiger partial charge in [0.2, 0.25) is 0 Å². The number of rotatable bonds is 1. The molecular weight excluding hydrogens is 226 g/mol. The first-order valence-electron chi connectivity index (χ1n) is 4.45. The Morgan fingerprint density at radius 3 is 2.62 bits per heavy atom. The zero-order valence-electron chi connectivity index (χ0n) is 7.33. The van der Waals surface area contributed by atoms with Crippen LogP contribution in [0.5, 0.6) is 0 Å². The predicted molar refractivity (Wildman–Crippen MR) is 59.3 cm³/mol. The van der Waals surface area contributed by atoms with Crippen molar-refractivity contribution in [1.82, 2.24) is 0 Å². The summed E-state index contributed by atoms with van der Waals surface area (Å²) in [5, 5.41) is 0. The highest BCUT2D eigenvalue weighted by molar-refractivity contribution is 9.10. The molecule has 0 atom stereocenters. The number of benzene rings is 1. The topological polar surface area (TPSA) is 26.0 Å². The highest BCUT2D eigenvalue weighted by Crippen LogP contribution is 2.28. The van der Waals surface area contributed by atoms with E-state index in [0.29, 0.717) is 6.04 Å². The average Bonchev–Trinajstić information content (AvgIpc) is 2.06. The van der Waals surface area contributed by atoms with Gasteiger partial charge in [-0.3, -0.25) is 0 Å². The summed E-state index contributed by atoms with van der Waals surface area (Å²) < 4.78 is 1.16. The highest BCUT2D eigenvalue weighted by Gasteiger charge is 2.18. The van der Waals surface area contributed by atoms with E-state index in [1.807, 2.05) is 6.07 Å². The molecule has 2 rings (SSSR count). The molecule has 0 amide bonds. The molecule has 0 unspecified atom stereocenters. The van der Waals surface area contributed by atoms with Crippen molar-refractivity contribution in [3.8, 4) is 0 Å². The Kier molecular flexibility index (Phi) is 2.51. The second-order valence-corrected chi connectivity index (χ2v) is 4.35. The van der Waals surface area contributed by atoms with Gasteiger partial charge in [-0.25, -0.2) is 0 Å². The quantitative estimate of drug-likeness (QED) is 0.799. The SMILES string of the molecule is NC1CC(=Cc2ccccc2Br)C1. The van der Waals surface area contributed by atoms with Crippen LogP contribution in [0.25, 0.3) is 6.08 Å². The third-order valence-corrected chi connectivity index (χ3v) is 3.04. The fourth-order valence-corrected chi connectivity index (χ4v) is 1.94. The van der Waals surface area contributed by atoms with Gasteiger partial charge in [-0.1, -0.05) is 45.8 Å². The Labute approximate surface area is 86.8 Å². The van der Waals surface area contributed by atoms with E-state index in [9.17, 15) is 0 Å². The molecule has 1 aliphatic rings. The third kappa shape index (κ3) is 2.01. The van der Waals surface area contributed by atoms with Gasteiger partial charge in [0.05, 0.1) is 0 Å². The van der Waals surface area contributed by atoms with Crippen molar-refractivity contribution in [2.75, 3.05) is 0 Å². The van der Waals surface area contributed by atoms with Crippen LogP contribution in [0.2, 0.25) is 0 Å². The van der Waals surface area contributed by atoms with Gasteiger partial charge in [-0.15, -0.1) is 0 Å². The molecule has 0 radical (unpaired) electrons. The summed E-state index contributed by atoms with van der Waals surface area (Å²) in [5.74, 6) is 0. The molecule has 2 N–H and O–H groups in total. The minimum Gasteiger partial charge on any atom is -0.327 e. The lowest BCUT2D eigenvalue weighted by Gasteiger charge is -2.25. The average molecular weight is 238 g/mol. The molecule has 1 aromatic carbocycles. The maximum atomic E-state index is 5.71. The summed E-state index contributed by atoms with van der Waals surface area (Å²) in [6, 6.07) is 8.65. The Balaban J connectivity index is 2.18. The summed E-state index contributed by atoms with van der Waals surface area (Å²) in [7, 11) is 0. The standard InChI is InChI=1S/C11H12BrN/c12-11-4-2-1-3-9(11)5-8-6-10(13)7-8/h1-5,10H,6-7,13H2. The largest absolute Gasteiger partial charge is 0.327 e. The first-order valence-corrected chi connectivity index (χ1v) is 5.24. The number of hydrogen-bond donors (Lipinski definition) is 1. The molecule has 0 heterocycles. The molecule has 1 aliphatic carbocycles.